The average molecular weight is 1880 g/mol. The van der Waals surface area contributed by atoms with Crippen molar-refractivity contribution in [1.82, 2.24) is 107 Å². The Kier molecular flexibility index (Phi) is 65.5. The Hall–Kier alpha value is -5.05. The fraction of sp³-hybridized carbons (Fsp3) is 0.876. The van der Waals surface area contributed by atoms with Gasteiger partial charge in [-0.15, -0.1) is 0 Å². The quantitative estimate of drug-likeness (QED) is 0.0275. The highest BCUT2D eigenvalue weighted by Gasteiger charge is 2.37. The van der Waals surface area contributed by atoms with Crippen molar-refractivity contribution in [2.24, 2.45) is 46.8 Å². The molecule has 0 spiro atoms. The maximum atomic E-state index is 12.8. The largest absolute Gasteiger partial charge is 0.355 e. The molecule has 6 rings (SSSR count). The molecule has 0 saturated carbocycles. The van der Waals surface area contributed by atoms with E-state index in [0.29, 0.717) is 108 Å². The number of rotatable bonds is 43. The van der Waals surface area contributed by atoms with Gasteiger partial charge in [0, 0.05) is 173 Å². The molecule has 5 aliphatic rings. The van der Waals surface area contributed by atoms with Gasteiger partial charge in [-0.05, 0) is 186 Å². The van der Waals surface area contributed by atoms with E-state index in [9.17, 15) is 33.6 Å². The minimum atomic E-state index is -0.116. The van der Waals surface area contributed by atoms with Crippen molar-refractivity contribution >= 4 is 41.4 Å². The summed E-state index contributed by atoms with van der Waals surface area (Å²) in [7, 11) is 20.3. The number of likely N-dealkylation sites (N-methyl/N-ethyl adjacent to an activating group) is 4. The fourth-order valence-electron chi connectivity index (χ4n) is 17.1. The van der Waals surface area contributed by atoms with E-state index < -0.39 is 0 Å². The maximum Gasteiger partial charge on any atom is 0.240 e. The molecular weight excluding hydrogens is 1670 g/mol. The molecule has 0 radical (unpaired) electrons. The van der Waals surface area contributed by atoms with Gasteiger partial charge in [-0.3, -0.25) is 38.5 Å². The molecule has 1 aromatic carbocycles. The number of piperidine rings is 2. The zero-order chi connectivity index (χ0) is 102. The van der Waals surface area contributed by atoms with Crippen molar-refractivity contribution in [3.8, 4) is 0 Å². The molecule has 7 atom stereocenters. The molecule has 0 aromatic heterocycles. The van der Waals surface area contributed by atoms with Gasteiger partial charge in [-0.1, -0.05) is 238 Å². The van der Waals surface area contributed by atoms with Crippen LogP contribution in [0.1, 0.15) is 258 Å². The Bertz CT molecular complexity index is 3210. The summed E-state index contributed by atoms with van der Waals surface area (Å²) in [4.78, 5) is 113. The van der Waals surface area contributed by atoms with Crippen molar-refractivity contribution in [3.05, 3.63) is 35.9 Å². The van der Waals surface area contributed by atoms with Crippen LogP contribution in [0.2, 0.25) is 0 Å². The molecule has 5 saturated heterocycles. The topological polar surface area (TPSA) is 267 Å². The number of carbonyl (C=O) groups is 7. The molecule has 5 fully saturated rings. The molecule has 7 amide bonds. The van der Waals surface area contributed by atoms with Crippen LogP contribution >= 0.6 is 0 Å². The summed E-state index contributed by atoms with van der Waals surface area (Å²) < 4.78 is 0. The Labute approximate surface area is 817 Å². The number of piperazine rings is 2. The van der Waals surface area contributed by atoms with E-state index in [-0.39, 0.29) is 83.2 Å². The van der Waals surface area contributed by atoms with Crippen molar-refractivity contribution in [3.63, 3.8) is 0 Å². The van der Waals surface area contributed by atoms with E-state index in [2.05, 4.69) is 347 Å². The fourth-order valence-corrected chi connectivity index (χ4v) is 17.1. The first-order valence-corrected chi connectivity index (χ1v) is 51.9. The molecule has 28 heteroatoms. The van der Waals surface area contributed by atoms with E-state index in [0.717, 1.165) is 150 Å². The van der Waals surface area contributed by atoms with Crippen LogP contribution in [0.5, 0.6) is 0 Å². The number of likely N-dealkylation sites (tertiary alicyclic amines) is 3. The summed E-state index contributed by atoms with van der Waals surface area (Å²) in [5.41, 5.74) is 1.42. The van der Waals surface area contributed by atoms with Gasteiger partial charge in [0.25, 0.3) is 0 Å². The monoisotopic (exact) mass is 1880 g/mol. The summed E-state index contributed by atoms with van der Waals surface area (Å²) in [5, 5.41) is 29.7. The van der Waals surface area contributed by atoms with E-state index in [4.69, 9.17) is 0 Å². The third-order valence-corrected chi connectivity index (χ3v) is 24.7. The third kappa shape index (κ3) is 55.5. The van der Waals surface area contributed by atoms with Crippen LogP contribution < -0.4 is 47.9 Å². The molecule has 5 aliphatic heterocycles. The van der Waals surface area contributed by atoms with Gasteiger partial charge in [0.2, 0.25) is 41.4 Å². The molecule has 1 aromatic rings. The predicted octanol–water partition coefficient (Wildman–Crippen LogP) is 10.6. The first kappa shape index (κ1) is 128. The normalized spacial score (nSPS) is 17.6. The number of amides is 7. The zero-order valence-electron chi connectivity index (χ0n) is 93.2. The van der Waals surface area contributed by atoms with E-state index in [1.165, 1.54) is 31.5 Å². The number of nitrogens with zero attached hydrogens (tertiary/aromatic N) is 12. The summed E-state index contributed by atoms with van der Waals surface area (Å²) in [6.45, 7) is 82.8. The van der Waals surface area contributed by atoms with Crippen LogP contribution in [0.25, 0.3) is 0 Å². The zero-order valence-corrected chi connectivity index (χ0v) is 93.2. The van der Waals surface area contributed by atoms with Crippen molar-refractivity contribution < 1.29 is 33.6 Å². The van der Waals surface area contributed by atoms with Gasteiger partial charge in [-0.25, -0.2) is 0 Å². The van der Waals surface area contributed by atoms with E-state index in [1.54, 1.807) is 0 Å². The number of benzene rings is 1. The molecule has 0 bridgehead atoms. The molecule has 28 nitrogen and oxygen atoms in total. The van der Waals surface area contributed by atoms with Gasteiger partial charge in [0.15, 0.2) is 0 Å². The summed E-state index contributed by atoms with van der Waals surface area (Å²) in [5.74, 6) is 3.72. The van der Waals surface area contributed by atoms with E-state index >= 15 is 0 Å². The standard InChI is InChI=1S/C19H31N3O.C17H33N3O.C15H31N3O.C15H33N3O.C13H27N3O.2C13H29N3O/c1-15(2)18(20-16(3)4)19(23)22-12-10-21(11-13-22)14-17-8-6-5-7-9-17;1-13(2)16(18-14(3)4)17(21)20-11-7-15(8-12-20)19-9-5-6-10-19;1-11(2)14(16-12(3)4)15(19)18(6)13-7-9-17(5)10-8-13;1-11(2)13(17-12(3)4)14(19)16-9-15(5,6)10-18(7)8;1-10(2)12(14-11(3)4)13(17)16-8-6-15(5)7-9-16;1-10(2)12(14-11(3)4)13(17)16(7)9-8-15(5)6;1-10(2)12(15-11(3)4)13(17)14-8-7-9-16(5)6/h5-9,15-16,18,20H,10-14H2,1-4H3;13-16,18H,5-12H2,1-4H3;11-14,16H,7-10H2,1-6H3;11-13,17H,9-10H2,1-8H3,(H,16,19);10-12,14H,6-9H2,1-5H3;10-12,14H,8-9H2,1-7H3;10-12,15H,7-9H2,1-6H3,(H,14,17)/t18-;16-;14-;13-;3*12-/m1111111/s1. The second-order valence-corrected chi connectivity index (χ2v) is 44.9. The molecule has 0 aliphatic carbocycles. The number of nitrogens with one attached hydrogen (secondary N) is 9. The third-order valence-electron chi connectivity index (χ3n) is 24.7. The lowest BCUT2D eigenvalue weighted by Crippen LogP contribution is -2.56. The molecule has 9 N–H and O–H groups in total. The van der Waals surface area contributed by atoms with Crippen LogP contribution in [0.15, 0.2) is 30.3 Å². The van der Waals surface area contributed by atoms with Crippen LogP contribution in [0.4, 0.5) is 0 Å². The van der Waals surface area contributed by atoms with Gasteiger partial charge < -0.3 is 102 Å². The second-order valence-electron chi connectivity index (χ2n) is 44.9. The number of carbonyl (C=O) groups excluding carboxylic acids is 7. The van der Waals surface area contributed by atoms with Gasteiger partial charge in [0.1, 0.15) is 0 Å². The van der Waals surface area contributed by atoms with Crippen molar-refractivity contribution in [2.45, 2.75) is 356 Å². The first-order valence-electron chi connectivity index (χ1n) is 51.9. The highest BCUT2D eigenvalue weighted by atomic mass is 16.2. The lowest BCUT2D eigenvalue weighted by Gasteiger charge is -2.39. The minimum absolute atomic E-state index is 0.0339. The molecular formula is C105H213N21O7. The Morgan fingerprint density at radius 2 is 0.692 bits per heavy atom. The minimum Gasteiger partial charge on any atom is -0.355 e. The average Bonchev–Trinajstić information content (AvgIpc) is 1.26. The summed E-state index contributed by atoms with van der Waals surface area (Å²) in [6, 6.07) is 13.5. The predicted molar refractivity (Wildman–Crippen MR) is 562 cm³/mol. The van der Waals surface area contributed by atoms with Crippen LogP contribution in [0.3, 0.4) is 0 Å². The summed E-state index contributed by atoms with van der Waals surface area (Å²) >= 11 is 0. The Morgan fingerprint density at radius 1 is 0.361 bits per heavy atom. The first-order chi connectivity index (χ1) is 61.8. The highest BCUT2D eigenvalue weighted by Crippen LogP contribution is 2.24. The lowest BCUT2D eigenvalue weighted by molar-refractivity contribution is -0.137. The van der Waals surface area contributed by atoms with Gasteiger partial charge in [-0.2, -0.15) is 0 Å². The van der Waals surface area contributed by atoms with Crippen molar-refractivity contribution in [2.75, 3.05) is 201 Å². The Balaban J connectivity index is 0.00000153. The molecule has 133 heavy (non-hydrogen) atoms. The maximum absolute atomic E-state index is 12.8. The van der Waals surface area contributed by atoms with Crippen LogP contribution in [-0.4, -0.2) is 398 Å². The summed E-state index contributed by atoms with van der Waals surface area (Å²) in [6.07, 6.45) is 8.18. The van der Waals surface area contributed by atoms with Crippen molar-refractivity contribution in [1.29, 1.82) is 0 Å². The number of hydrogen-bond acceptors (Lipinski definition) is 21. The van der Waals surface area contributed by atoms with Crippen LogP contribution in [-0.2, 0) is 40.1 Å². The van der Waals surface area contributed by atoms with Crippen LogP contribution in [0, 0.1) is 46.8 Å². The Morgan fingerprint density at radius 3 is 1.05 bits per heavy atom. The van der Waals surface area contributed by atoms with Gasteiger partial charge >= 0.3 is 0 Å². The SMILES string of the molecule is CC(C)N[C@@H](C(=O)N(C)C1CCN(C)CC1)C(C)C.CC(C)N[C@@H](C(=O)N(C)CCN(C)C)C(C)C.CC(C)N[C@@H](C(=O)N1CCC(N2CCCC2)CC1)C(C)C.CC(C)N[C@@H](C(=O)N1CCN(C)CC1)C(C)C.CC(C)N[C@@H](C(=O)N1CCN(Cc2ccccc2)CC1)C(C)C.CC(C)N[C@@H](C(=O)NCC(C)(C)CN(C)C)C(C)C.CC(C)N[C@@H](C(=O)NCCCN(C)C)C(C)C. The lowest BCUT2D eigenvalue weighted by atomic mass is 9.92. The molecule has 0 unspecified atom stereocenters. The smallest absolute Gasteiger partial charge is 0.240 e. The number of hydrogen-bond donors (Lipinski definition) is 9. The second kappa shape index (κ2) is 68.1. The highest BCUT2D eigenvalue weighted by molar-refractivity contribution is 5.85. The molecule has 780 valence electrons. The van der Waals surface area contributed by atoms with Gasteiger partial charge in [0.05, 0.1) is 42.3 Å². The molecule has 5 heterocycles. The van der Waals surface area contributed by atoms with E-state index in [1.807, 2.05) is 68.0 Å².